The summed E-state index contributed by atoms with van der Waals surface area (Å²) in [5.74, 6) is -1.10. The molecule has 0 saturated carbocycles. The highest BCUT2D eigenvalue weighted by Crippen LogP contribution is 2.34. The number of hydrogen-bond acceptors (Lipinski definition) is 6. The van der Waals surface area contributed by atoms with E-state index in [4.69, 9.17) is 9.47 Å². The van der Waals surface area contributed by atoms with Crippen LogP contribution in [0.4, 0.5) is 10.1 Å². The Hall–Kier alpha value is -3.34. The zero-order valence-corrected chi connectivity index (χ0v) is 21.4. The maximum atomic E-state index is 14.4. The predicted octanol–water partition coefficient (Wildman–Crippen LogP) is 2.55. The third-order valence-electron chi connectivity index (χ3n) is 5.35. The van der Waals surface area contributed by atoms with E-state index < -0.39 is 40.2 Å². The van der Waals surface area contributed by atoms with Gasteiger partial charge in [0.05, 0.1) is 26.2 Å². The van der Waals surface area contributed by atoms with E-state index in [1.54, 1.807) is 12.1 Å². The summed E-state index contributed by atoms with van der Waals surface area (Å²) in [6.07, 6.45) is 1.65. The highest BCUT2D eigenvalue weighted by atomic mass is 32.2. The zero-order chi connectivity index (χ0) is 26.2. The van der Waals surface area contributed by atoms with E-state index in [9.17, 15) is 22.4 Å². The Labute approximate surface area is 205 Å². The van der Waals surface area contributed by atoms with Crippen LogP contribution in [0, 0.1) is 5.82 Å². The van der Waals surface area contributed by atoms with E-state index in [1.165, 1.54) is 51.5 Å². The molecule has 0 aliphatic heterocycles. The number of anilines is 1. The van der Waals surface area contributed by atoms with Crippen LogP contribution in [0.5, 0.6) is 11.5 Å². The number of halogens is 1. The molecule has 0 aliphatic carbocycles. The van der Waals surface area contributed by atoms with Crippen molar-refractivity contribution in [1.82, 2.24) is 10.2 Å². The second-order valence-electron chi connectivity index (χ2n) is 7.89. The molecule has 0 saturated heterocycles. The molecule has 0 bridgehead atoms. The molecule has 0 spiro atoms. The lowest BCUT2D eigenvalue weighted by Crippen LogP contribution is -2.51. The molecule has 0 fully saturated rings. The van der Waals surface area contributed by atoms with Gasteiger partial charge < -0.3 is 19.7 Å². The molecule has 1 atom stereocenters. The summed E-state index contributed by atoms with van der Waals surface area (Å²) >= 11 is 0. The number of sulfonamides is 1. The molecule has 2 amide bonds. The minimum absolute atomic E-state index is 0.0941. The van der Waals surface area contributed by atoms with Gasteiger partial charge in [0.25, 0.3) is 0 Å². The first kappa shape index (κ1) is 27.9. The quantitative estimate of drug-likeness (QED) is 0.472. The van der Waals surface area contributed by atoms with Gasteiger partial charge in [-0.2, -0.15) is 0 Å². The van der Waals surface area contributed by atoms with Gasteiger partial charge >= 0.3 is 0 Å². The van der Waals surface area contributed by atoms with E-state index in [2.05, 4.69) is 5.32 Å². The van der Waals surface area contributed by atoms with Gasteiger partial charge in [0, 0.05) is 24.7 Å². The highest BCUT2D eigenvalue weighted by molar-refractivity contribution is 7.92. The van der Waals surface area contributed by atoms with Crippen LogP contribution in [0.3, 0.4) is 0 Å². The van der Waals surface area contributed by atoms with Crippen LogP contribution in [0.25, 0.3) is 0 Å². The third-order valence-corrected chi connectivity index (χ3v) is 6.48. The minimum Gasteiger partial charge on any atom is -0.497 e. The number of amides is 2. The molecule has 9 nitrogen and oxygen atoms in total. The van der Waals surface area contributed by atoms with Gasteiger partial charge in [-0.15, -0.1) is 0 Å². The number of carbonyl (C=O) groups excluding carboxylic acids is 2. The lowest BCUT2D eigenvalue weighted by atomic mass is 10.1. The molecule has 0 radical (unpaired) electrons. The van der Waals surface area contributed by atoms with Crippen molar-refractivity contribution < 1.29 is 31.9 Å². The molecular formula is C24H32FN3O6S. The van der Waals surface area contributed by atoms with Gasteiger partial charge in [0.1, 0.15) is 29.9 Å². The van der Waals surface area contributed by atoms with Gasteiger partial charge in [0.2, 0.25) is 21.8 Å². The fraction of sp³-hybridized carbons (Fsp3) is 0.417. The Bertz CT molecular complexity index is 1140. The molecule has 0 aromatic heterocycles. The summed E-state index contributed by atoms with van der Waals surface area (Å²) < 4.78 is 51.3. The van der Waals surface area contributed by atoms with E-state index in [0.29, 0.717) is 18.7 Å². The minimum atomic E-state index is -3.97. The van der Waals surface area contributed by atoms with Crippen molar-refractivity contribution in [3.05, 3.63) is 53.8 Å². The Morgan fingerprint density at radius 2 is 1.80 bits per heavy atom. The first-order valence-electron chi connectivity index (χ1n) is 11.0. The number of carbonyl (C=O) groups is 2. The van der Waals surface area contributed by atoms with E-state index in [-0.39, 0.29) is 23.5 Å². The average molecular weight is 510 g/mol. The second kappa shape index (κ2) is 12.4. The van der Waals surface area contributed by atoms with E-state index >= 15 is 0 Å². The third kappa shape index (κ3) is 7.32. The second-order valence-corrected chi connectivity index (χ2v) is 9.79. The smallest absolute Gasteiger partial charge is 0.244 e. The van der Waals surface area contributed by atoms with Crippen molar-refractivity contribution in [3.8, 4) is 11.5 Å². The lowest BCUT2D eigenvalue weighted by Gasteiger charge is -2.32. The van der Waals surface area contributed by atoms with E-state index in [1.807, 2.05) is 6.92 Å². The summed E-state index contributed by atoms with van der Waals surface area (Å²) in [5.41, 5.74) is 0.289. The van der Waals surface area contributed by atoms with Crippen molar-refractivity contribution in [2.75, 3.05) is 37.9 Å². The van der Waals surface area contributed by atoms with Crippen LogP contribution in [-0.2, 0) is 26.2 Å². The summed E-state index contributed by atoms with van der Waals surface area (Å²) in [6.45, 7) is 2.95. The predicted molar refractivity (Wildman–Crippen MR) is 131 cm³/mol. The number of methoxy groups -OCH3 is 2. The van der Waals surface area contributed by atoms with Crippen molar-refractivity contribution >= 4 is 27.5 Å². The Balaban J connectivity index is 2.48. The molecule has 35 heavy (non-hydrogen) atoms. The van der Waals surface area contributed by atoms with Crippen molar-refractivity contribution in [1.29, 1.82) is 0 Å². The molecule has 0 heterocycles. The molecule has 1 N–H and O–H groups in total. The van der Waals surface area contributed by atoms with Gasteiger partial charge in [0.15, 0.2) is 0 Å². The Morgan fingerprint density at radius 3 is 2.37 bits per heavy atom. The molecule has 11 heteroatoms. The van der Waals surface area contributed by atoms with Crippen molar-refractivity contribution in [2.45, 2.75) is 32.9 Å². The summed E-state index contributed by atoms with van der Waals surface area (Å²) in [6, 6.07) is 9.46. The zero-order valence-electron chi connectivity index (χ0n) is 20.6. The fourth-order valence-electron chi connectivity index (χ4n) is 3.38. The molecule has 0 aliphatic rings. The summed E-state index contributed by atoms with van der Waals surface area (Å²) in [7, 11) is -1.17. The number of nitrogens with one attached hydrogen (secondary N) is 1. The highest BCUT2D eigenvalue weighted by Gasteiger charge is 2.31. The van der Waals surface area contributed by atoms with Gasteiger partial charge in [-0.3, -0.25) is 13.9 Å². The van der Waals surface area contributed by atoms with Crippen LogP contribution in [-0.4, -0.2) is 64.7 Å². The van der Waals surface area contributed by atoms with Crippen LogP contribution >= 0.6 is 0 Å². The maximum absolute atomic E-state index is 14.4. The van der Waals surface area contributed by atoms with Gasteiger partial charge in [-0.05, 0) is 31.5 Å². The Morgan fingerprint density at radius 1 is 1.11 bits per heavy atom. The first-order chi connectivity index (χ1) is 16.5. The van der Waals surface area contributed by atoms with Crippen LogP contribution in [0.15, 0.2) is 42.5 Å². The monoisotopic (exact) mass is 509 g/mol. The summed E-state index contributed by atoms with van der Waals surface area (Å²) in [5, 5.41) is 2.72. The largest absolute Gasteiger partial charge is 0.497 e. The molecular weight excluding hydrogens is 477 g/mol. The molecule has 0 unspecified atom stereocenters. The van der Waals surface area contributed by atoms with Gasteiger partial charge in [-0.25, -0.2) is 12.8 Å². The average Bonchev–Trinajstić information content (AvgIpc) is 2.83. The number of ether oxygens (including phenoxy) is 2. The Kier molecular flexibility index (Phi) is 9.88. The number of nitrogens with zero attached hydrogens (tertiary/aromatic N) is 2. The molecule has 2 rings (SSSR count). The SMILES string of the molecule is CCCNC(=O)[C@@H](C)N(Cc1ccccc1F)C(=O)CN(c1cc(OC)ccc1OC)S(C)(=O)=O. The topological polar surface area (TPSA) is 105 Å². The van der Waals surface area contributed by atoms with Crippen LogP contribution in [0.1, 0.15) is 25.8 Å². The van der Waals surface area contributed by atoms with Crippen molar-refractivity contribution in [3.63, 3.8) is 0 Å². The van der Waals surface area contributed by atoms with Gasteiger partial charge in [-0.1, -0.05) is 25.1 Å². The summed E-state index contributed by atoms with van der Waals surface area (Å²) in [4.78, 5) is 27.4. The standard InChI is InChI=1S/C24H32FN3O6S/c1-6-13-26-24(30)17(2)27(15-18-9-7-8-10-20(18)25)23(29)16-28(35(5,31)32)21-14-19(33-3)11-12-22(21)34-4/h7-12,14,17H,6,13,15-16H2,1-5H3,(H,26,30)/t17-/m1/s1. The van der Waals surface area contributed by atoms with Crippen LogP contribution < -0.4 is 19.1 Å². The maximum Gasteiger partial charge on any atom is 0.244 e. The van der Waals surface area contributed by atoms with Crippen molar-refractivity contribution in [2.24, 2.45) is 0 Å². The fourth-order valence-corrected chi connectivity index (χ4v) is 4.22. The number of hydrogen-bond donors (Lipinski definition) is 1. The molecule has 192 valence electrons. The normalized spacial score (nSPS) is 11.9. The molecule has 2 aromatic carbocycles. The number of benzene rings is 2. The van der Waals surface area contributed by atoms with Crippen LogP contribution in [0.2, 0.25) is 0 Å². The first-order valence-corrected chi connectivity index (χ1v) is 12.9. The van der Waals surface area contributed by atoms with E-state index in [0.717, 1.165) is 15.5 Å². The molecule has 2 aromatic rings. The number of rotatable bonds is 12. The lowest BCUT2D eigenvalue weighted by molar-refractivity contribution is -0.139.